The Hall–Kier alpha value is -1.80. The van der Waals surface area contributed by atoms with Gasteiger partial charge in [0.15, 0.2) is 0 Å². The number of methoxy groups -OCH3 is 1. The van der Waals surface area contributed by atoms with Crippen LogP contribution in [0.3, 0.4) is 0 Å². The van der Waals surface area contributed by atoms with Crippen molar-refractivity contribution in [3.63, 3.8) is 0 Å². The maximum Gasteiger partial charge on any atom is 0.119 e. The SMILES string of the molecule is COc1ccc2c(c1)CC1(C2)CN(Cc2ccccc2)C1. The zero-order chi connectivity index (χ0) is 14.3. The summed E-state index contributed by atoms with van der Waals surface area (Å²) in [5.74, 6) is 0.992. The molecule has 0 saturated carbocycles. The Morgan fingerprint density at radius 1 is 1.00 bits per heavy atom. The molecule has 108 valence electrons. The van der Waals surface area contributed by atoms with Crippen LogP contribution in [0.1, 0.15) is 16.7 Å². The minimum atomic E-state index is 0.490. The van der Waals surface area contributed by atoms with Crippen LogP contribution in [0.2, 0.25) is 0 Å². The number of benzene rings is 2. The molecule has 1 aliphatic heterocycles. The molecule has 0 atom stereocenters. The smallest absolute Gasteiger partial charge is 0.119 e. The van der Waals surface area contributed by atoms with Crippen molar-refractivity contribution in [3.05, 3.63) is 65.2 Å². The van der Waals surface area contributed by atoms with Gasteiger partial charge in [-0.25, -0.2) is 0 Å². The molecule has 0 bridgehead atoms. The Balaban J connectivity index is 1.42. The molecule has 0 unspecified atom stereocenters. The molecule has 2 aromatic rings. The van der Waals surface area contributed by atoms with Crippen LogP contribution in [0.5, 0.6) is 5.75 Å². The largest absolute Gasteiger partial charge is 0.497 e. The molecule has 0 aromatic heterocycles. The summed E-state index contributed by atoms with van der Waals surface area (Å²) in [6, 6.07) is 17.4. The van der Waals surface area contributed by atoms with E-state index in [-0.39, 0.29) is 0 Å². The second-order valence-corrected chi connectivity index (χ2v) is 6.62. The zero-order valence-electron chi connectivity index (χ0n) is 12.5. The zero-order valence-corrected chi connectivity index (χ0v) is 12.5. The second-order valence-electron chi connectivity index (χ2n) is 6.62. The van der Waals surface area contributed by atoms with Gasteiger partial charge < -0.3 is 4.74 Å². The van der Waals surface area contributed by atoms with E-state index in [0.29, 0.717) is 5.41 Å². The molecule has 2 heteroatoms. The van der Waals surface area contributed by atoms with Crippen LogP contribution in [0, 0.1) is 5.41 Å². The van der Waals surface area contributed by atoms with Gasteiger partial charge in [0.1, 0.15) is 5.75 Å². The van der Waals surface area contributed by atoms with E-state index in [1.807, 2.05) is 0 Å². The van der Waals surface area contributed by atoms with E-state index in [9.17, 15) is 0 Å². The Kier molecular flexibility index (Phi) is 3.00. The first-order chi connectivity index (χ1) is 10.3. The summed E-state index contributed by atoms with van der Waals surface area (Å²) < 4.78 is 5.35. The van der Waals surface area contributed by atoms with Crippen molar-refractivity contribution in [2.24, 2.45) is 5.41 Å². The molecule has 2 aromatic carbocycles. The molecular formula is C19H21NO. The molecule has 1 saturated heterocycles. The number of rotatable bonds is 3. The third-order valence-corrected chi connectivity index (χ3v) is 4.91. The number of hydrogen-bond donors (Lipinski definition) is 0. The molecule has 1 aliphatic carbocycles. The Labute approximate surface area is 126 Å². The average Bonchev–Trinajstić information content (AvgIpc) is 2.86. The number of fused-ring (bicyclic) bond motifs is 1. The number of hydrogen-bond acceptors (Lipinski definition) is 2. The standard InChI is InChI=1S/C19H21NO/c1-21-18-8-7-16-10-19(11-17(16)9-18)13-20(14-19)12-15-5-3-2-4-6-15/h2-9H,10-14H2,1H3. The molecule has 0 amide bonds. The topological polar surface area (TPSA) is 12.5 Å². The predicted molar refractivity (Wildman–Crippen MR) is 84.6 cm³/mol. The van der Waals surface area contributed by atoms with Gasteiger partial charge in [-0.15, -0.1) is 0 Å². The number of likely N-dealkylation sites (tertiary alicyclic amines) is 1. The number of ether oxygens (including phenoxy) is 1. The summed E-state index contributed by atoms with van der Waals surface area (Å²) in [4.78, 5) is 2.57. The van der Waals surface area contributed by atoms with Gasteiger partial charge in [-0.05, 0) is 41.7 Å². The van der Waals surface area contributed by atoms with Crippen LogP contribution < -0.4 is 4.74 Å². The molecule has 0 N–H and O–H groups in total. The molecule has 2 nitrogen and oxygen atoms in total. The van der Waals surface area contributed by atoms with Crippen LogP contribution in [-0.4, -0.2) is 25.1 Å². The average molecular weight is 279 g/mol. The van der Waals surface area contributed by atoms with Gasteiger partial charge in [0, 0.05) is 25.0 Å². The van der Waals surface area contributed by atoms with Crippen molar-refractivity contribution < 1.29 is 4.74 Å². The molecular weight excluding hydrogens is 258 g/mol. The fourth-order valence-electron chi connectivity index (χ4n) is 4.02. The monoisotopic (exact) mass is 279 g/mol. The van der Waals surface area contributed by atoms with E-state index < -0.39 is 0 Å². The normalized spacial score (nSPS) is 19.3. The van der Waals surface area contributed by atoms with Crippen molar-refractivity contribution in [1.82, 2.24) is 4.90 Å². The highest BCUT2D eigenvalue weighted by Crippen LogP contribution is 2.45. The summed E-state index contributed by atoms with van der Waals surface area (Å²) in [5.41, 5.74) is 4.93. The maximum atomic E-state index is 5.35. The first-order valence-corrected chi connectivity index (χ1v) is 7.68. The van der Waals surface area contributed by atoms with Crippen molar-refractivity contribution in [3.8, 4) is 5.75 Å². The molecule has 21 heavy (non-hydrogen) atoms. The van der Waals surface area contributed by atoms with Crippen molar-refractivity contribution in [2.45, 2.75) is 19.4 Å². The van der Waals surface area contributed by atoms with Gasteiger partial charge in [-0.1, -0.05) is 36.4 Å². The summed E-state index contributed by atoms with van der Waals surface area (Å²) in [6.07, 6.45) is 2.45. The highest BCUT2D eigenvalue weighted by Gasteiger charge is 2.46. The lowest BCUT2D eigenvalue weighted by molar-refractivity contribution is 0.00243. The fraction of sp³-hybridized carbons (Fsp3) is 0.368. The van der Waals surface area contributed by atoms with E-state index in [1.165, 1.54) is 42.6 Å². The van der Waals surface area contributed by atoms with E-state index in [4.69, 9.17) is 4.74 Å². The lowest BCUT2D eigenvalue weighted by Crippen LogP contribution is -2.56. The molecule has 1 heterocycles. The van der Waals surface area contributed by atoms with E-state index in [0.717, 1.165) is 12.3 Å². The summed E-state index contributed by atoms with van der Waals surface area (Å²) in [6.45, 7) is 3.53. The van der Waals surface area contributed by atoms with Gasteiger partial charge in [-0.2, -0.15) is 0 Å². The Bertz CT molecular complexity index is 644. The van der Waals surface area contributed by atoms with Crippen molar-refractivity contribution in [1.29, 1.82) is 0 Å². The van der Waals surface area contributed by atoms with Gasteiger partial charge in [0.2, 0.25) is 0 Å². The summed E-state index contributed by atoms with van der Waals surface area (Å²) in [5, 5.41) is 0. The minimum absolute atomic E-state index is 0.490. The van der Waals surface area contributed by atoms with Gasteiger partial charge in [-0.3, -0.25) is 4.90 Å². The van der Waals surface area contributed by atoms with Crippen LogP contribution in [0.25, 0.3) is 0 Å². The van der Waals surface area contributed by atoms with Crippen LogP contribution in [0.15, 0.2) is 48.5 Å². The molecule has 0 radical (unpaired) electrons. The first kappa shape index (κ1) is 12.9. The van der Waals surface area contributed by atoms with Crippen molar-refractivity contribution >= 4 is 0 Å². The minimum Gasteiger partial charge on any atom is -0.497 e. The Morgan fingerprint density at radius 2 is 1.76 bits per heavy atom. The van der Waals surface area contributed by atoms with Gasteiger partial charge >= 0.3 is 0 Å². The first-order valence-electron chi connectivity index (χ1n) is 7.68. The fourth-order valence-corrected chi connectivity index (χ4v) is 4.02. The maximum absolute atomic E-state index is 5.35. The quantitative estimate of drug-likeness (QED) is 0.855. The van der Waals surface area contributed by atoms with Crippen molar-refractivity contribution in [2.75, 3.05) is 20.2 Å². The highest BCUT2D eigenvalue weighted by atomic mass is 16.5. The summed E-state index contributed by atoms with van der Waals surface area (Å²) in [7, 11) is 1.75. The Morgan fingerprint density at radius 3 is 2.52 bits per heavy atom. The molecule has 2 aliphatic rings. The lowest BCUT2D eigenvalue weighted by Gasteiger charge is -2.48. The van der Waals surface area contributed by atoms with Crippen LogP contribution in [0.4, 0.5) is 0 Å². The highest BCUT2D eigenvalue weighted by molar-refractivity contribution is 5.41. The third-order valence-electron chi connectivity index (χ3n) is 4.91. The molecule has 4 rings (SSSR count). The van der Waals surface area contributed by atoms with Crippen LogP contribution in [-0.2, 0) is 19.4 Å². The predicted octanol–water partition coefficient (Wildman–Crippen LogP) is 3.30. The molecule has 1 fully saturated rings. The van der Waals surface area contributed by atoms with Gasteiger partial charge in [0.25, 0.3) is 0 Å². The van der Waals surface area contributed by atoms with Gasteiger partial charge in [0.05, 0.1) is 7.11 Å². The van der Waals surface area contributed by atoms with Crippen LogP contribution >= 0.6 is 0 Å². The lowest BCUT2D eigenvalue weighted by atomic mass is 9.77. The molecule has 1 spiro atoms. The van der Waals surface area contributed by atoms with E-state index in [2.05, 4.69) is 53.4 Å². The van der Waals surface area contributed by atoms with E-state index >= 15 is 0 Å². The van der Waals surface area contributed by atoms with E-state index in [1.54, 1.807) is 7.11 Å². The number of nitrogens with zero attached hydrogens (tertiary/aromatic N) is 1. The second kappa shape index (κ2) is 4.88. The third kappa shape index (κ3) is 2.34. The summed E-state index contributed by atoms with van der Waals surface area (Å²) >= 11 is 0.